The predicted octanol–water partition coefficient (Wildman–Crippen LogP) is 3.29. The molecule has 3 aromatic rings. The molecule has 1 saturated heterocycles. The summed E-state index contributed by atoms with van der Waals surface area (Å²) in [4.78, 5) is 28.3. The highest BCUT2D eigenvalue weighted by Gasteiger charge is 2.27. The van der Waals surface area contributed by atoms with Gasteiger partial charge < -0.3 is 19.5 Å². The van der Waals surface area contributed by atoms with Crippen LogP contribution in [0.2, 0.25) is 5.02 Å². The molecule has 0 atom stereocenters. The van der Waals surface area contributed by atoms with E-state index < -0.39 is 11.7 Å². The number of benzene rings is 1. The van der Waals surface area contributed by atoms with Crippen LogP contribution in [0, 0.1) is 5.82 Å². The molecular formula is C20H19ClFN5O3S2. The van der Waals surface area contributed by atoms with Gasteiger partial charge in [0.15, 0.2) is 4.34 Å². The van der Waals surface area contributed by atoms with Gasteiger partial charge >= 0.3 is 0 Å². The number of piperazine rings is 1. The standard InChI is InChI=1S/C20H19ClFN5O3S2/c21-14-4-1-5-15(22)17(14)18(29)26-6-8-27(9-7-26)19-24-25-20(32-19)31-12-16(28)23-11-13-3-2-10-30-13/h1-5,10H,6-9,11-12H2,(H,23,28). The zero-order chi connectivity index (χ0) is 22.5. The molecule has 0 saturated carbocycles. The third kappa shape index (κ3) is 5.40. The number of rotatable bonds is 7. The van der Waals surface area contributed by atoms with Crippen molar-refractivity contribution in [2.75, 3.05) is 36.8 Å². The average molecular weight is 496 g/mol. The van der Waals surface area contributed by atoms with Gasteiger partial charge in [0.05, 0.1) is 29.1 Å². The lowest BCUT2D eigenvalue weighted by atomic mass is 10.1. The number of carbonyl (C=O) groups is 2. The molecule has 1 N–H and O–H groups in total. The van der Waals surface area contributed by atoms with E-state index in [1.807, 2.05) is 4.90 Å². The van der Waals surface area contributed by atoms with Gasteiger partial charge in [-0.25, -0.2) is 4.39 Å². The Kier molecular flexibility index (Phi) is 7.28. The first-order valence-corrected chi connectivity index (χ1v) is 11.9. The first kappa shape index (κ1) is 22.6. The summed E-state index contributed by atoms with van der Waals surface area (Å²) in [6.45, 7) is 2.26. The van der Waals surface area contributed by atoms with Crippen LogP contribution in [-0.2, 0) is 11.3 Å². The maximum atomic E-state index is 14.1. The fourth-order valence-electron chi connectivity index (χ4n) is 3.13. The van der Waals surface area contributed by atoms with Crippen molar-refractivity contribution in [2.24, 2.45) is 0 Å². The molecule has 32 heavy (non-hydrogen) atoms. The van der Waals surface area contributed by atoms with Gasteiger partial charge in [-0.2, -0.15) is 0 Å². The van der Waals surface area contributed by atoms with Gasteiger partial charge in [0.2, 0.25) is 11.0 Å². The number of hydrogen-bond acceptors (Lipinski definition) is 8. The normalized spacial score (nSPS) is 13.9. The second-order valence-corrected chi connectivity index (χ2v) is 9.46. The van der Waals surface area contributed by atoms with Crippen molar-refractivity contribution in [1.82, 2.24) is 20.4 Å². The molecular weight excluding hydrogens is 477 g/mol. The van der Waals surface area contributed by atoms with Crippen molar-refractivity contribution in [1.29, 1.82) is 0 Å². The number of amides is 2. The molecule has 0 bridgehead atoms. The number of hydrogen-bond donors (Lipinski definition) is 1. The van der Waals surface area contributed by atoms with Gasteiger partial charge in [-0.3, -0.25) is 9.59 Å². The largest absolute Gasteiger partial charge is 0.467 e. The molecule has 1 aromatic carbocycles. The highest BCUT2D eigenvalue weighted by Crippen LogP contribution is 2.29. The zero-order valence-electron chi connectivity index (χ0n) is 16.8. The van der Waals surface area contributed by atoms with Crippen LogP contribution in [0.3, 0.4) is 0 Å². The molecule has 1 aliphatic rings. The van der Waals surface area contributed by atoms with E-state index in [9.17, 15) is 14.0 Å². The zero-order valence-corrected chi connectivity index (χ0v) is 19.2. The van der Waals surface area contributed by atoms with Crippen molar-refractivity contribution in [3.05, 3.63) is 58.8 Å². The Balaban J connectivity index is 1.25. The maximum absolute atomic E-state index is 14.1. The molecule has 2 amide bonds. The summed E-state index contributed by atoms with van der Waals surface area (Å²) in [5.41, 5.74) is -0.0949. The molecule has 1 fully saturated rings. The number of furan rings is 1. The lowest BCUT2D eigenvalue weighted by Crippen LogP contribution is -2.49. The minimum Gasteiger partial charge on any atom is -0.467 e. The van der Waals surface area contributed by atoms with Gasteiger partial charge in [-0.05, 0) is 24.3 Å². The predicted molar refractivity (Wildman–Crippen MR) is 121 cm³/mol. The molecule has 12 heteroatoms. The van der Waals surface area contributed by atoms with Gasteiger partial charge in [0.25, 0.3) is 5.91 Å². The monoisotopic (exact) mass is 495 g/mol. The Morgan fingerprint density at radius 3 is 2.72 bits per heavy atom. The van der Waals surface area contributed by atoms with Crippen molar-refractivity contribution >= 4 is 51.6 Å². The summed E-state index contributed by atoms with van der Waals surface area (Å²) in [5, 5.41) is 12.0. The Hall–Kier alpha value is -2.63. The molecule has 0 unspecified atom stereocenters. The van der Waals surface area contributed by atoms with Crippen LogP contribution in [-0.4, -0.2) is 58.8 Å². The molecule has 0 aliphatic carbocycles. The van der Waals surface area contributed by atoms with E-state index in [4.69, 9.17) is 16.0 Å². The van der Waals surface area contributed by atoms with E-state index in [-0.39, 0.29) is 22.2 Å². The summed E-state index contributed by atoms with van der Waals surface area (Å²) >= 11 is 8.72. The van der Waals surface area contributed by atoms with Gasteiger partial charge in [-0.1, -0.05) is 40.8 Å². The Bertz CT molecular complexity index is 1070. The van der Waals surface area contributed by atoms with E-state index >= 15 is 0 Å². The second-order valence-electron chi connectivity index (χ2n) is 6.87. The summed E-state index contributed by atoms with van der Waals surface area (Å²) in [7, 11) is 0. The van der Waals surface area contributed by atoms with Crippen molar-refractivity contribution in [3.63, 3.8) is 0 Å². The Morgan fingerprint density at radius 1 is 1.19 bits per heavy atom. The third-order valence-corrected chi connectivity index (χ3v) is 7.21. The molecule has 4 rings (SSSR count). The van der Waals surface area contributed by atoms with E-state index in [0.29, 0.717) is 42.8 Å². The van der Waals surface area contributed by atoms with Gasteiger partial charge in [0, 0.05) is 26.2 Å². The lowest BCUT2D eigenvalue weighted by molar-refractivity contribution is -0.118. The summed E-state index contributed by atoms with van der Waals surface area (Å²) in [5.74, 6) is -0.245. The number of anilines is 1. The summed E-state index contributed by atoms with van der Waals surface area (Å²) in [6, 6.07) is 7.77. The minimum atomic E-state index is -0.621. The fraction of sp³-hybridized carbons (Fsp3) is 0.300. The molecule has 3 heterocycles. The maximum Gasteiger partial charge on any atom is 0.258 e. The number of carbonyl (C=O) groups excluding carboxylic acids is 2. The number of nitrogens with zero attached hydrogens (tertiary/aromatic N) is 4. The molecule has 0 spiro atoms. The van der Waals surface area contributed by atoms with Crippen molar-refractivity contribution < 1.29 is 18.4 Å². The van der Waals surface area contributed by atoms with E-state index in [2.05, 4.69) is 15.5 Å². The number of thioether (sulfide) groups is 1. The summed E-state index contributed by atoms with van der Waals surface area (Å²) < 4.78 is 19.9. The lowest BCUT2D eigenvalue weighted by Gasteiger charge is -2.34. The van der Waals surface area contributed by atoms with Crippen LogP contribution in [0.1, 0.15) is 16.1 Å². The highest BCUT2D eigenvalue weighted by atomic mass is 35.5. The van der Waals surface area contributed by atoms with Crippen LogP contribution in [0.5, 0.6) is 0 Å². The topological polar surface area (TPSA) is 91.6 Å². The SMILES string of the molecule is O=C(CSc1nnc(N2CCN(C(=O)c3c(F)cccc3Cl)CC2)s1)NCc1ccco1. The number of aromatic nitrogens is 2. The highest BCUT2D eigenvalue weighted by molar-refractivity contribution is 8.01. The van der Waals surface area contributed by atoms with Crippen molar-refractivity contribution in [2.45, 2.75) is 10.9 Å². The first-order valence-electron chi connectivity index (χ1n) is 9.75. The Labute approximate surface area is 196 Å². The van der Waals surface area contributed by atoms with Crippen molar-refractivity contribution in [3.8, 4) is 0 Å². The van der Waals surface area contributed by atoms with Crippen LogP contribution in [0.15, 0.2) is 45.4 Å². The smallest absolute Gasteiger partial charge is 0.258 e. The molecule has 2 aromatic heterocycles. The molecule has 168 valence electrons. The second kappa shape index (κ2) is 10.3. The first-order chi connectivity index (χ1) is 15.5. The average Bonchev–Trinajstić information content (AvgIpc) is 3.48. The molecule has 8 nitrogen and oxygen atoms in total. The van der Waals surface area contributed by atoms with Crippen LogP contribution >= 0.6 is 34.7 Å². The van der Waals surface area contributed by atoms with E-state index in [1.165, 1.54) is 41.3 Å². The third-order valence-electron chi connectivity index (χ3n) is 4.78. The van der Waals surface area contributed by atoms with Crippen LogP contribution in [0.25, 0.3) is 0 Å². The Morgan fingerprint density at radius 2 is 2.00 bits per heavy atom. The van der Waals surface area contributed by atoms with E-state index in [0.717, 1.165) is 5.13 Å². The minimum absolute atomic E-state index is 0.0949. The van der Waals surface area contributed by atoms with Gasteiger partial charge in [-0.15, -0.1) is 10.2 Å². The van der Waals surface area contributed by atoms with Crippen LogP contribution < -0.4 is 10.2 Å². The molecule has 1 aliphatic heterocycles. The molecule has 0 radical (unpaired) electrons. The summed E-state index contributed by atoms with van der Waals surface area (Å²) in [6.07, 6.45) is 1.56. The number of halogens is 2. The number of nitrogens with one attached hydrogen (secondary N) is 1. The van der Waals surface area contributed by atoms with Gasteiger partial charge in [0.1, 0.15) is 11.6 Å². The fourth-order valence-corrected chi connectivity index (χ4v) is 5.09. The van der Waals surface area contributed by atoms with E-state index in [1.54, 1.807) is 23.3 Å². The van der Waals surface area contributed by atoms with Crippen LogP contribution in [0.4, 0.5) is 9.52 Å². The quantitative estimate of drug-likeness (QED) is 0.503.